The van der Waals surface area contributed by atoms with Crippen molar-refractivity contribution in [2.24, 2.45) is 10.9 Å². The van der Waals surface area contributed by atoms with Crippen LogP contribution in [0.4, 0.5) is 5.69 Å². The number of ether oxygens (including phenoxy) is 3. The molecule has 1 aliphatic heterocycles. The average molecular weight is 541 g/mol. The average Bonchev–Trinajstić information content (AvgIpc) is 3.49. The molecule has 0 radical (unpaired) electrons. The second-order valence-electron chi connectivity index (χ2n) is 7.70. The van der Waals surface area contributed by atoms with Gasteiger partial charge in [-0.3, -0.25) is 4.99 Å². The number of guanidine groups is 1. The Morgan fingerprint density at radius 3 is 2.81 bits per heavy atom. The summed E-state index contributed by atoms with van der Waals surface area (Å²) in [7, 11) is 0. The molecule has 1 aromatic heterocycles. The van der Waals surface area contributed by atoms with Gasteiger partial charge < -0.3 is 29.3 Å². The van der Waals surface area contributed by atoms with Gasteiger partial charge in [0.05, 0.1) is 19.5 Å². The molecule has 1 saturated carbocycles. The van der Waals surface area contributed by atoms with E-state index in [1.54, 1.807) is 6.26 Å². The standard InChI is InChI=1S/C23H31N3O4.HI/c1-4-20(28-13-1)9-11-25-23(24-10-2-12-27-17-18-5-6-18)26-19-7-8-21-22(16-19)30-15-3-14-29-21;/h1,4,7-8,13,16,18H,2-3,5-6,9-12,14-15,17H2,(H2,24,25,26);1H. The van der Waals surface area contributed by atoms with Gasteiger partial charge in [-0.25, -0.2) is 0 Å². The van der Waals surface area contributed by atoms with Gasteiger partial charge in [0.1, 0.15) is 5.76 Å². The third-order valence-electron chi connectivity index (χ3n) is 5.02. The first-order valence-corrected chi connectivity index (χ1v) is 10.9. The molecule has 0 unspecified atom stereocenters. The van der Waals surface area contributed by atoms with E-state index in [2.05, 4.69) is 10.6 Å². The van der Waals surface area contributed by atoms with Gasteiger partial charge in [0.15, 0.2) is 17.5 Å². The summed E-state index contributed by atoms with van der Waals surface area (Å²) in [5, 5.41) is 6.76. The molecule has 170 valence electrons. The zero-order chi connectivity index (χ0) is 20.4. The van der Waals surface area contributed by atoms with E-state index >= 15 is 0 Å². The summed E-state index contributed by atoms with van der Waals surface area (Å²) in [5.41, 5.74) is 0.911. The van der Waals surface area contributed by atoms with E-state index in [0.29, 0.717) is 19.8 Å². The van der Waals surface area contributed by atoms with E-state index in [1.807, 2.05) is 30.3 Å². The van der Waals surface area contributed by atoms with Crippen molar-refractivity contribution in [2.75, 3.05) is 44.8 Å². The van der Waals surface area contributed by atoms with E-state index < -0.39 is 0 Å². The molecule has 0 spiro atoms. The van der Waals surface area contributed by atoms with Gasteiger partial charge in [-0.05, 0) is 49.4 Å². The largest absolute Gasteiger partial charge is 0.490 e. The molecule has 0 atom stereocenters. The number of hydrogen-bond donors (Lipinski definition) is 2. The fourth-order valence-electron chi connectivity index (χ4n) is 3.17. The molecule has 2 aliphatic rings. The highest BCUT2D eigenvalue weighted by Crippen LogP contribution is 2.32. The molecule has 7 nitrogen and oxygen atoms in total. The summed E-state index contributed by atoms with van der Waals surface area (Å²) < 4.78 is 22.6. The van der Waals surface area contributed by atoms with E-state index in [9.17, 15) is 0 Å². The SMILES string of the molecule is I.c1coc(CCNC(=NCCCOCC2CC2)Nc2ccc3c(c2)OCCCO3)c1. The van der Waals surface area contributed by atoms with Crippen LogP contribution in [0.2, 0.25) is 0 Å². The monoisotopic (exact) mass is 541 g/mol. The zero-order valence-electron chi connectivity index (χ0n) is 17.8. The summed E-state index contributed by atoms with van der Waals surface area (Å²) in [5.74, 6) is 4.04. The molecular formula is C23H32IN3O4. The summed E-state index contributed by atoms with van der Waals surface area (Å²) >= 11 is 0. The Morgan fingerprint density at radius 2 is 2.00 bits per heavy atom. The second kappa shape index (κ2) is 12.8. The van der Waals surface area contributed by atoms with Crippen molar-refractivity contribution in [3.05, 3.63) is 42.4 Å². The number of rotatable bonds is 10. The number of halogens is 1. The van der Waals surface area contributed by atoms with Gasteiger partial charge in [-0.2, -0.15) is 0 Å². The van der Waals surface area contributed by atoms with Crippen molar-refractivity contribution in [1.82, 2.24) is 5.32 Å². The Labute approximate surface area is 200 Å². The predicted octanol–water partition coefficient (Wildman–Crippen LogP) is 4.48. The quantitative estimate of drug-likeness (QED) is 0.200. The molecule has 1 aromatic carbocycles. The van der Waals surface area contributed by atoms with Gasteiger partial charge in [0, 0.05) is 50.9 Å². The smallest absolute Gasteiger partial charge is 0.195 e. The van der Waals surface area contributed by atoms with Crippen molar-refractivity contribution < 1.29 is 18.6 Å². The lowest BCUT2D eigenvalue weighted by atomic mass is 10.2. The van der Waals surface area contributed by atoms with Crippen molar-refractivity contribution >= 4 is 35.6 Å². The summed E-state index contributed by atoms with van der Waals surface area (Å²) in [6.07, 6.45) is 6.92. The van der Waals surface area contributed by atoms with Crippen LogP contribution in [0.3, 0.4) is 0 Å². The lowest BCUT2D eigenvalue weighted by molar-refractivity contribution is 0.123. The van der Waals surface area contributed by atoms with Gasteiger partial charge in [0.25, 0.3) is 0 Å². The summed E-state index contributed by atoms with van der Waals surface area (Å²) in [6, 6.07) is 9.77. The second-order valence-corrected chi connectivity index (χ2v) is 7.70. The van der Waals surface area contributed by atoms with Gasteiger partial charge in [-0.1, -0.05) is 0 Å². The van der Waals surface area contributed by atoms with Crippen LogP contribution in [0.15, 0.2) is 46.0 Å². The maximum absolute atomic E-state index is 5.80. The van der Waals surface area contributed by atoms with Crippen molar-refractivity contribution in [3.63, 3.8) is 0 Å². The number of nitrogens with one attached hydrogen (secondary N) is 2. The molecule has 0 bridgehead atoms. The number of furan rings is 1. The number of benzene rings is 1. The Morgan fingerprint density at radius 1 is 1.13 bits per heavy atom. The number of aliphatic imine (C=N–C) groups is 1. The molecule has 2 N–H and O–H groups in total. The fraction of sp³-hybridized carbons (Fsp3) is 0.522. The predicted molar refractivity (Wildman–Crippen MR) is 132 cm³/mol. The van der Waals surface area contributed by atoms with Crippen LogP contribution >= 0.6 is 24.0 Å². The number of hydrogen-bond acceptors (Lipinski definition) is 5. The minimum atomic E-state index is 0. The molecule has 8 heteroatoms. The van der Waals surface area contributed by atoms with Crippen LogP contribution in [0, 0.1) is 5.92 Å². The highest BCUT2D eigenvalue weighted by molar-refractivity contribution is 14.0. The lowest BCUT2D eigenvalue weighted by Gasteiger charge is -2.14. The maximum Gasteiger partial charge on any atom is 0.195 e. The van der Waals surface area contributed by atoms with Gasteiger partial charge in [-0.15, -0.1) is 24.0 Å². The minimum Gasteiger partial charge on any atom is -0.490 e. The van der Waals surface area contributed by atoms with Crippen LogP contribution in [-0.4, -0.2) is 45.5 Å². The third kappa shape index (κ3) is 8.25. The normalized spacial score (nSPS) is 15.7. The zero-order valence-corrected chi connectivity index (χ0v) is 20.1. The number of nitrogens with zero attached hydrogens (tertiary/aromatic N) is 1. The summed E-state index contributed by atoms with van der Waals surface area (Å²) in [6.45, 7) is 4.42. The topological polar surface area (TPSA) is 77.3 Å². The van der Waals surface area contributed by atoms with Crippen molar-refractivity contribution in [3.8, 4) is 11.5 Å². The fourth-order valence-corrected chi connectivity index (χ4v) is 3.17. The van der Waals surface area contributed by atoms with Gasteiger partial charge >= 0.3 is 0 Å². The van der Waals surface area contributed by atoms with Crippen LogP contribution in [0.5, 0.6) is 11.5 Å². The van der Waals surface area contributed by atoms with Crippen molar-refractivity contribution in [1.29, 1.82) is 0 Å². The lowest BCUT2D eigenvalue weighted by Crippen LogP contribution is -2.32. The van der Waals surface area contributed by atoms with Crippen LogP contribution < -0.4 is 20.1 Å². The first-order chi connectivity index (χ1) is 14.9. The Hall–Kier alpha value is -1.94. The van der Waals surface area contributed by atoms with E-state index in [4.69, 9.17) is 23.6 Å². The number of fused-ring (bicyclic) bond motifs is 1. The molecule has 2 aromatic rings. The van der Waals surface area contributed by atoms with Crippen LogP contribution in [-0.2, 0) is 11.2 Å². The molecule has 4 rings (SSSR count). The Balaban J connectivity index is 0.00000272. The summed E-state index contributed by atoms with van der Waals surface area (Å²) in [4.78, 5) is 4.71. The van der Waals surface area contributed by atoms with Crippen molar-refractivity contribution in [2.45, 2.75) is 32.1 Å². The first-order valence-electron chi connectivity index (χ1n) is 10.9. The van der Waals surface area contributed by atoms with Gasteiger partial charge in [0.2, 0.25) is 0 Å². The van der Waals surface area contributed by atoms with E-state index in [1.165, 1.54) is 12.8 Å². The molecule has 31 heavy (non-hydrogen) atoms. The minimum absolute atomic E-state index is 0. The molecular weight excluding hydrogens is 509 g/mol. The third-order valence-corrected chi connectivity index (χ3v) is 5.02. The molecule has 0 saturated heterocycles. The van der Waals surface area contributed by atoms with E-state index in [0.717, 1.165) is 73.8 Å². The number of anilines is 1. The Kier molecular flexibility index (Phi) is 9.80. The van der Waals surface area contributed by atoms with E-state index in [-0.39, 0.29) is 24.0 Å². The first kappa shape index (κ1) is 23.7. The molecule has 0 amide bonds. The maximum atomic E-state index is 5.80. The molecule has 1 fully saturated rings. The molecule has 1 aliphatic carbocycles. The Bertz CT molecular complexity index is 809. The van der Waals surface area contributed by atoms with Crippen LogP contribution in [0.25, 0.3) is 0 Å². The highest BCUT2D eigenvalue weighted by atomic mass is 127. The molecule has 2 heterocycles. The van der Waals surface area contributed by atoms with Crippen LogP contribution in [0.1, 0.15) is 31.4 Å². The highest BCUT2D eigenvalue weighted by Gasteiger charge is 2.20.